The fraction of sp³-hybridized carbons (Fsp3) is 0.300. The van der Waals surface area contributed by atoms with Gasteiger partial charge in [-0.05, 0) is 18.1 Å². The molecule has 0 aliphatic heterocycles. The van der Waals surface area contributed by atoms with Gasteiger partial charge in [-0.25, -0.2) is 0 Å². The molecule has 0 spiro atoms. The molecular formula is C10H14N2. The lowest BCUT2D eigenvalue weighted by atomic mass is 10.1. The first-order chi connectivity index (χ1) is 5.63. The van der Waals surface area contributed by atoms with Gasteiger partial charge in [-0.1, -0.05) is 26.5 Å². The molecule has 12 heavy (non-hydrogen) atoms. The molecule has 0 aromatic carbocycles. The zero-order chi connectivity index (χ0) is 9.14. The summed E-state index contributed by atoms with van der Waals surface area (Å²) in [4.78, 5) is 0. The third kappa shape index (κ3) is 1.64. The highest BCUT2D eigenvalue weighted by atomic mass is 15.0. The third-order valence-electron chi connectivity index (χ3n) is 1.84. The molecule has 0 aliphatic rings. The first-order valence-corrected chi connectivity index (χ1v) is 4.04. The minimum Gasteiger partial charge on any atom is -0.306 e. The van der Waals surface area contributed by atoms with Crippen LogP contribution in [0.3, 0.4) is 0 Å². The molecule has 1 rings (SSSR count). The molecule has 1 heterocycles. The van der Waals surface area contributed by atoms with Crippen LogP contribution in [0.2, 0.25) is 0 Å². The lowest BCUT2D eigenvalue weighted by molar-refractivity contribution is 0.768. The van der Waals surface area contributed by atoms with Crippen LogP contribution in [-0.4, -0.2) is 4.57 Å². The largest absolute Gasteiger partial charge is 0.306 e. The van der Waals surface area contributed by atoms with Crippen molar-refractivity contribution in [1.82, 2.24) is 4.57 Å². The summed E-state index contributed by atoms with van der Waals surface area (Å²) in [5.41, 5.74) is 1.44. The van der Waals surface area contributed by atoms with E-state index in [1.165, 1.54) is 0 Å². The van der Waals surface area contributed by atoms with Gasteiger partial charge < -0.3 is 4.57 Å². The van der Waals surface area contributed by atoms with Crippen LogP contribution in [0.1, 0.15) is 13.8 Å². The Hall–Kier alpha value is -1.31. The molecule has 0 fully saturated rings. The zero-order valence-corrected chi connectivity index (χ0v) is 7.54. The molecule has 1 aromatic rings. The van der Waals surface area contributed by atoms with Crippen LogP contribution in [0.4, 0.5) is 0 Å². The fourth-order valence-electron chi connectivity index (χ4n) is 0.972. The summed E-state index contributed by atoms with van der Waals surface area (Å²) in [5, 5.41) is 7.60. The Bertz CT molecular complexity index is 334. The van der Waals surface area contributed by atoms with E-state index in [0.717, 1.165) is 5.70 Å². The third-order valence-corrected chi connectivity index (χ3v) is 1.84. The van der Waals surface area contributed by atoms with E-state index in [-0.39, 0.29) is 0 Å². The maximum Gasteiger partial charge on any atom is 0.128 e. The number of aromatic nitrogens is 1. The molecular weight excluding hydrogens is 148 g/mol. The second-order valence-corrected chi connectivity index (χ2v) is 3.10. The maximum absolute atomic E-state index is 7.60. The van der Waals surface area contributed by atoms with Gasteiger partial charge in [-0.15, -0.1) is 0 Å². The minimum absolute atomic E-state index is 0.376. The van der Waals surface area contributed by atoms with Crippen LogP contribution in [0.15, 0.2) is 31.0 Å². The van der Waals surface area contributed by atoms with E-state index >= 15 is 0 Å². The zero-order valence-electron chi connectivity index (χ0n) is 7.54. The van der Waals surface area contributed by atoms with E-state index in [1.807, 2.05) is 18.3 Å². The van der Waals surface area contributed by atoms with Crippen LogP contribution in [0.25, 0.3) is 5.70 Å². The quantitative estimate of drug-likeness (QED) is 0.690. The summed E-state index contributed by atoms with van der Waals surface area (Å²) in [6, 6.07) is 5.52. The van der Waals surface area contributed by atoms with Gasteiger partial charge in [-0.2, -0.15) is 0 Å². The van der Waals surface area contributed by atoms with Crippen LogP contribution in [0.5, 0.6) is 0 Å². The predicted molar refractivity (Wildman–Crippen MR) is 50.5 cm³/mol. The summed E-state index contributed by atoms with van der Waals surface area (Å²) in [6.07, 6.45) is 1.87. The van der Waals surface area contributed by atoms with Gasteiger partial charge in [0, 0.05) is 11.9 Å². The summed E-state index contributed by atoms with van der Waals surface area (Å²) >= 11 is 0. The van der Waals surface area contributed by atoms with Gasteiger partial charge in [-0.3, -0.25) is 5.41 Å². The van der Waals surface area contributed by atoms with Crippen molar-refractivity contribution in [3.05, 3.63) is 36.5 Å². The van der Waals surface area contributed by atoms with Gasteiger partial charge in [0.2, 0.25) is 0 Å². The second kappa shape index (κ2) is 3.39. The minimum atomic E-state index is 0.376. The number of pyridine rings is 1. The SMILES string of the molecule is C=C(C(C)C)n1ccccc1=N. The van der Waals surface area contributed by atoms with E-state index in [0.29, 0.717) is 11.4 Å². The molecule has 0 unspecified atom stereocenters. The van der Waals surface area contributed by atoms with Crippen LogP contribution in [-0.2, 0) is 0 Å². The Morgan fingerprint density at radius 1 is 1.50 bits per heavy atom. The predicted octanol–water partition coefficient (Wildman–Crippen LogP) is 2.09. The summed E-state index contributed by atoms with van der Waals surface area (Å²) in [5.74, 6) is 0.376. The molecule has 0 saturated heterocycles. The average Bonchev–Trinajstić information content (AvgIpc) is 2.04. The highest BCUT2D eigenvalue weighted by Gasteiger charge is 2.01. The standard InChI is InChI=1S/C10H14N2/c1-8(2)9(3)12-7-5-4-6-10(12)11/h4-8,11H,3H2,1-2H3. The van der Waals surface area contributed by atoms with Crippen LogP contribution in [0, 0.1) is 11.3 Å². The topological polar surface area (TPSA) is 28.8 Å². The maximum atomic E-state index is 7.60. The lowest BCUT2D eigenvalue weighted by Crippen LogP contribution is -2.18. The Morgan fingerprint density at radius 2 is 2.17 bits per heavy atom. The van der Waals surface area contributed by atoms with Crippen molar-refractivity contribution in [2.24, 2.45) is 5.92 Å². The van der Waals surface area contributed by atoms with Crippen molar-refractivity contribution < 1.29 is 0 Å². The highest BCUT2D eigenvalue weighted by Crippen LogP contribution is 2.09. The molecule has 2 heteroatoms. The Labute approximate surface area is 72.7 Å². The second-order valence-electron chi connectivity index (χ2n) is 3.10. The molecule has 0 atom stereocenters. The van der Waals surface area contributed by atoms with E-state index < -0.39 is 0 Å². The molecule has 64 valence electrons. The number of nitrogens with zero attached hydrogens (tertiary/aromatic N) is 1. The van der Waals surface area contributed by atoms with E-state index in [9.17, 15) is 0 Å². The van der Waals surface area contributed by atoms with Crippen LogP contribution < -0.4 is 5.49 Å². The van der Waals surface area contributed by atoms with Gasteiger partial charge in [0.25, 0.3) is 0 Å². The number of rotatable bonds is 2. The van der Waals surface area contributed by atoms with Gasteiger partial charge >= 0.3 is 0 Å². The molecule has 1 N–H and O–H groups in total. The lowest BCUT2D eigenvalue weighted by Gasteiger charge is -2.12. The summed E-state index contributed by atoms with van der Waals surface area (Å²) < 4.78 is 1.80. The van der Waals surface area contributed by atoms with Gasteiger partial charge in [0.15, 0.2) is 0 Å². The van der Waals surface area contributed by atoms with Gasteiger partial charge in [0.05, 0.1) is 0 Å². The average molecular weight is 162 g/mol. The van der Waals surface area contributed by atoms with E-state index in [1.54, 1.807) is 10.6 Å². The number of hydrogen-bond acceptors (Lipinski definition) is 1. The molecule has 0 radical (unpaired) electrons. The number of nitrogens with one attached hydrogen (secondary N) is 1. The van der Waals surface area contributed by atoms with Crippen molar-refractivity contribution in [3.8, 4) is 0 Å². The van der Waals surface area contributed by atoms with Crippen LogP contribution >= 0.6 is 0 Å². The van der Waals surface area contributed by atoms with Crippen molar-refractivity contribution in [3.63, 3.8) is 0 Å². The first-order valence-electron chi connectivity index (χ1n) is 4.04. The Balaban J connectivity index is 3.12. The van der Waals surface area contributed by atoms with Crippen molar-refractivity contribution in [2.45, 2.75) is 13.8 Å². The normalized spacial score (nSPS) is 10.2. The Morgan fingerprint density at radius 3 is 2.67 bits per heavy atom. The summed E-state index contributed by atoms with van der Waals surface area (Å²) in [7, 11) is 0. The van der Waals surface area contributed by atoms with Crippen molar-refractivity contribution >= 4 is 5.70 Å². The molecule has 0 saturated carbocycles. The van der Waals surface area contributed by atoms with E-state index in [2.05, 4.69) is 20.4 Å². The molecule has 1 aromatic heterocycles. The molecule has 2 nitrogen and oxygen atoms in total. The Kier molecular flexibility index (Phi) is 2.48. The highest BCUT2D eigenvalue weighted by molar-refractivity contribution is 5.42. The number of hydrogen-bond donors (Lipinski definition) is 1. The molecule has 0 aliphatic carbocycles. The molecule has 0 bridgehead atoms. The van der Waals surface area contributed by atoms with E-state index in [4.69, 9.17) is 5.41 Å². The number of allylic oxidation sites excluding steroid dienone is 1. The first kappa shape index (κ1) is 8.78. The van der Waals surface area contributed by atoms with Gasteiger partial charge in [0.1, 0.15) is 5.49 Å². The smallest absolute Gasteiger partial charge is 0.128 e. The monoisotopic (exact) mass is 162 g/mol. The fourth-order valence-corrected chi connectivity index (χ4v) is 0.972. The van der Waals surface area contributed by atoms with Crippen molar-refractivity contribution in [1.29, 1.82) is 5.41 Å². The van der Waals surface area contributed by atoms with Crippen molar-refractivity contribution in [2.75, 3.05) is 0 Å². The molecule has 0 amide bonds. The summed E-state index contributed by atoms with van der Waals surface area (Å²) in [6.45, 7) is 8.07.